The number of rotatable bonds is 50. The summed E-state index contributed by atoms with van der Waals surface area (Å²) in [5.74, 6) is -0.910. The van der Waals surface area contributed by atoms with Gasteiger partial charge in [0.15, 0.2) is 6.10 Å². The van der Waals surface area contributed by atoms with Gasteiger partial charge in [-0.25, -0.2) is 4.57 Å². The Morgan fingerprint density at radius 1 is 0.468 bits per heavy atom. The highest BCUT2D eigenvalue weighted by Crippen LogP contribution is 2.43. The molecule has 0 amide bonds. The van der Waals surface area contributed by atoms with Crippen molar-refractivity contribution in [3.63, 3.8) is 0 Å². The lowest BCUT2D eigenvalue weighted by Gasteiger charge is -2.20. The molecular weight excluding hydrogens is 804 g/mol. The number of hydrogen-bond acceptors (Lipinski definition) is 9. The van der Waals surface area contributed by atoms with Crippen LogP contribution in [0.5, 0.6) is 0 Å². The van der Waals surface area contributed by atoms with E-state index in [2.05, 4.69) is 26.0 Å². The first-order valence-corrected chi connectivity index (χ1v) is 27.6. The van der Waals surface area contributed by atoms with Crippen molar-refractivity contribution in [3.8, 4) is 0 Å². The van der Waals surface area contributed by atoms with Crippen molar-refractivity contribution < 1.29 is 47.8 Å². The number of esters is 2. The number of phosphoric acid groups is 1. The Labute approximate surface area is 381 Å². The van der Waals surface area contributed by atoms with Crippen molar-refractivity contribution in [2.45, 2.75) is 276 Å². The molecule has 0 saturated carbocycles. The maximum Gasteiger partial charge on any atom is 0.472 e. The van der Waals surface area contributed by atoms with E-state index in [9.17, 15) is 24.2 Å². The largest absolute Gasteiger partial charge is 0.472 e. The third kappa shape index (κ3) is 46.7. The first-order valence-electron chi connectivity index (χ1n) is 26.1. The van der Waals surface area contributed by atoms with Crippen LogP contribution in [0.25, 0.3) is 0 Å². The van der Waals surface area contributed by atoms with E-state index in [1.165, 1.54) is 193 Å². The highest BCUT2D eigenvalue weighted by molar-refractivity contribution is 7.47. The van der Waals surface area contributed by atoms with Crippen molar-refractivity contribution in [1.29, 1.82) is 0 Å². The SMILES string of the molecule is CCCCCCCCCC/C=C\CCCCCCCCCCCC(=O)OC(COC(=O)CCCCCCCCCCCCCCCCCCCC)COP(=O)(O)OCC(O)CO. The lowest BCUT2D eigenvalue weighted by atomic mass is 10.0. The average Bonchev–Trinajstić information content (AvgIpc) is 3.26. The number of aliphatic hydroxyl groups excluding tert-OH is 2. The lowest BCUT2D eigenvalue weighted by Crippen LogP contribution is -2.29. The summed E-state index contributed by atoms with van der Waals surface area (Å²) in [6.07, 6.45) is 48.9. The van der Waals surface area contributed by atoms with E-state index in [0.29, 0.717) is 12.8 Å². The van der Waals surface area contributed by atoms with Crippen LogP contribution in [0.3, 0.4) is 0 Å². The molecule has 0 aliphatic rings. The third-order valence-corrected chi connectivity index (χ3v) is 12.6. The fourth-order valence-electron chi connectivity index (χ4n) is 7.64. The molecule has 0 bridgehead atoms. The van der Waals surface area contributed by atoms with Crippen molar-refractivity contribution >= 4 is 19.8 Å². The minimum atomic E-state index is -4.62. The summed E-state index contributed by atoms with van der Waals surface area (Å²) < 4.78 is 32.9. The van der Waals surface area contributed by atoms with Crippen LogP contribution in [0, 0.1) is 0 Å². The summed E-state index contributed by atoms with van der Waals surface area (Å²) in [6, 6.07) is 0. The van der Waals surface area contributed by atoms with E-state index in [4.69, 9.17) is 23.6 Å². The summed E-state index contributed by atoms with van der Waals surface area (Å²) in [7, 11) is -4.62. The van der Waals surface area contributed by atoms with Crippen molar-refractivity contribution in [2.24, 2.45) is 0 Å². The molecule has 0 radical (unpaired) electrons. The summed E-state index contributed by atoms with van der Waals surface area (Å²) in [6.45, 7) is 2.44. The summed E-state index contributed by atoms with van der Waals surface area (Å²) in [5.41, 5.74) is 0. The zero-order valence-electron chi connectivity index (χ0n) is 40.4. The average molecular weight is 903 g/mol. The number of carbonyl (C=O) groups excluding carboxylic acids is 2. The van der Waals surface area contributed by atoms with Crippen LogP contribution in [0.4, 0.5) is 0 Å². The normalized spacial score (nSPS) is 13.7. The van der Waals surface area contributed by atoms with Crippen LogP contribution in [-0.2, 0) is 32.7 Å². The van der Waals surface area contributed by atoms with Crippen LogP contribution >= 0.6 is 7.82 Å². The molecule has 0 rings (SSSR count). The molecule has 0 aliphatic carbocycles. The summed E-state index contributed by atoms with van der Waals surface area (Å²) >= 11 is 0. The zero-order chi connectivity index (χ0) is 45.5. The molecule has 0 aromatic rings. The van der Waals surface area contributed by atoms with Gasteiger partial charge in [0.2, 0.25) is 0 Å². The topological polar surface area (TPSA) is 149 Å². The van der Waals surface area contributed by atoms with Crippen molar-refractivity contribution in [1.82, 2.24) is 0 Å². The number of unbranched alkanes of at least 4 members (excludes halogenated alkanes) is 34. The number of ether oxygens (including phenoxy) is 2. The van der Waals surface area contributed by atoms with Gasteiger partial charge in [-0.05, 0) is 38.5 Å². The van der Waals surface area contributed by atoms with Gasteiger partial charge in [0.25, 0.3) is 0 Å². The monoisotopic (exact) mass is 903 g/mol. The number of carbonyl (C=O) groups is 2. The van der Waals surface area contributed by atoms with Crippen molar-refractivity contribution in [3.05, 3.63) is 12.2 Å². The Hall–Kier alpha value is -1.29. The number of allylic oxidation sites excluding steroid dienone is 2. The first kappa shape index (κ1) is 60.7. The predicted molar refractivity (Wildman–Crippen MR) is 256 cm³/mol. The smallest absolute Gasteiger partial charge is 0.462 e. The molecule has 0 saturated heterocycles. The third-order valence-electron chi connectivity index (χ3n) is 11.7. The van der Waals surface area contributed by atoms with Gasteiger partial charge in [-0.15, -0.1) is 0 Å². The molecule has 11 heteroatoms. The van der Waals surface area contributed by atoms with Crippen LogP contribution in [0.2, 0.25) is 0 Å². The minimum absolute atomic E-state index is 0.187. The van der Waals surface area contributed by atoms with Gasteiger partial charge in [0.05, 0.1) is 19.8 Å². The molecule has 0 spiro atoms. The molecule has 3 unspecified atom stereocenters. The Balaban J connectivity index is 4.14. The van der Waals surface area contributed by atoms with Crippen LogP contribution < -0.4 is 0 Å². The number of aliphatic hydroxyl groups is 2. The molecule has 62 heavy (non-hydrogen) atoms. The maximum atomic E-state index is 12.7. The molecule has 0 aliphatic heterocycles. The van der Waals surface area contributed by atoms with Crippen LogP contribution in [0.15, 0.2) is 12.2 Å². The van der Waals surface area contributed by atoms with E-state index in [1.54, 1.807) is 0 Å². The van der Waals surface area contributed by atoms with E-state index in [1.807, 2.05) is 0 Å². The maximum absolute atomic E-state index is 12.7. The predicted octanol–water partition coefficient (Wildman–Crippen LogP) is 14.7. The van der Waals surface area contributed by atoms with Gasteiger partial charge in [-0.1, -0.05) is 225 Å². The Kier molecular flexibility index (Phi) is 46.7. The lowest BCUT2D eigenvalue weighted by molar-refractivity contribution is -0.161. The van der Waals surface area contributed by atoms with Crippen LogP contribution in [0.1, 0.15) is 264 Å². The minimum Gasteiger partial charge on any atom is -0.462 e. The molecule has 0 fully saturated rings. The fraction of sp³-hybridized carbons (Fsp3) is 0.922. The number of hydrogen-bond donors (Lipinski definition) is 3. The highest BCUT2D eigenvalue weighted by atomic mass is 31.2. The molecule has 10 nitrogen and oxygen atoms in total. The Bertz CT molecular complexity index is 1040. The van der Waals surface area contributed by atoms with E-state index < -0.39 is 51.8 Å². The molecule has 0 aromatic carbocycles. The van der Waals surface area contributed by atoms with Gasteiger partial charge < -0.3 is 24.6 Å². The van der Waals surface area contributed by atoms with Gasteiger partial charge in [-0.3, -0.25) is 18.6 Å². The molecule has 368 valence electrons. The molecule has 3 N–H and O–H groups in total. The van der Waals surface area contributed by atoms with E-state index >= 15 is 0 Å². The van der Waals surface area contributed by atoms with Crippen LogP contribution in [-0.4, -0.2) is 65.7 Å². The second kappa shape index (κ2) is 47.7. The Morgan fingerprint density at radius 3 is 1.16 bits per heavy atom. The Morgan fingerprint density at radius 2 is 0.790 bits per heavy atom. The molecule has 0 aromatic heterocycles. The standard InChI is InChI=1S/C51H99O10P/c1-3-5-7-9-11-13-15-17-19-21-23-24-25-27-29-31-33-35-37-39-41-43-51(55)61-49(47-60-62(56,57)59-45-48(53)44-52)46-58-50(54)42-40-38-36-34-32-30-28-26-22-20-18-16-14-12-10-8-6-4-2/h21,23,48-49,52-53H,3-20,22,24-47H2,1-2H3,(H,56,57)/b23-21-. The first-order chi connectivity index (χ1) is 30.2. The second-order valence-corrected chi connectivity index (χ2v) is 19.4. The van der Waals surface area contributed by atoms with Gasteiger partial charge in [0.1, 0.15) is 12.7 Å². The van der Waals surface area contributed by atoms with E-state index in [-0.39, 0.29) is 19.4 Å². The van der Waals surface area contributed by atoms with Gasteiger partial charge in [0, 0.05) is 12.8 Å². The molecule has 0 heterocycles. The number of phosphoric ester groups is 1. The van der Waals surface area contributed by atoms with Gasteiger partial charge in [-0.2, -0.15) is 0 Å². The fourth-order valence-corrected chi connectivity index (χ4v) is 8.43. The van der Waals surface area contributed by atoms with E-state index in [0.717, 1.165) is 32.1 Å². The zero-order valence-corrected chi connectivity index (χ0v) is 41.3. The highest BCUT2D eigenvalue weighted by Gasteiger charge is 2.27. The summed E-state index contributed by atoms with van der Waals surface area (Å²) in [4.78, 5) is 35.2. The second-order valence-electron chi connectivity index (χ2n) is 17.9. The quantitative estimate of drug-likeness (QED) is 0.0233. The summed E-state index contributed by atoms with van der Waals surface area (Å²) in [5, 5.41) is 18.4. The molecular formula is C51H99O10P. The van der Waals surface area contributed by atoms with Gasteiger partial charge >= 0.3 is 19.8 Å². The van der Waals surface area contributed by atoms with Crippen molar-refractivity contribution in [2.75, 3.05) is 26.4 Å². The molecule has 3 atom stereocenters.